The molecule has 0 aliphatic rings. The Morgan fingerprint density at radius 2 is 1.03 bits per heavy atom. The number of unbranched alkanes of at least 4 members (excludes halogenated alkanes) is 7. The number of carbonyl (C=O) groups is 1. The average molecular weight is 522 g/mol. The molecule has 0 atom stereocenters. The Balaban J connectivity index is 1.58. The summed E-state index contributed by atoms with van der Waals surface area (Å²) in [6, 6.07) is 23.3. The second kappa shape index (κ2) is 15.9. The summed E-state index contributed by atoms with van der Waals surface area (Å²) in [4.78, 5) is 14.7. The van der Waals surface area contributed by atoms with Crippen molar-refractivity contribution in [1.29, 1.82) is 0 Å². The number of hydrogen-bond donors (Lipinski definition) is 1. The lowest BCUT2D eigenvalue weighted by Crippen LogP contribution is -2.11. The zero-order valence-corrected chi connectivity index (χ0v) is 22.9. The molecule has 0 saturated carbocycles. The molecule has 0 fully saturated rings. The quantitative estimate of drug-likeness (QED) is 0.117. The molecule has 0 saturated heterocycles. The number of methoxy groups -OCH3 is 2. The second-order valence-corrected chi connectivity index (χ2v) is 9.41. The van der Waals surface area contributed by atoms with Crippen LogP contribution in [-0.2, 0) is 4.74 Å². The molecular formula is C31H39NO4S. The van der Waals surface area contributed by atoms with Gasteiger partial charge in [-0.25, -0.2) is 4.79 Å². The van der Waals surface area contributed by atoms with E-state index in [0.29, 0.717) is 12.2 Å². The summed E-state index contributed by atoms with van der Waals surface area (Å²) >= 11 is 4.25. The van der Waals surface area contributed by atoms with Crippen LogP contribution in [0.4, 0.5) is 17.1 Å². The molecular weight excluding hydrogens is 482 g/mol. The van der Waals surface area contributed by atoms with Gasteiger partial charge in [0, 0.05) is 17.1 Å². The van der Waals surface area contributed by atoms with Crippen LogP contribution in [0.1, 0.15) is 61.7 Å². The van der Waals surface area contributed by atoms with Crippen molar-refractivity contribution in [2.45, 2.75) is 51.4 Å². The van der Waals surface area contributed by atoms with E-state index >= 15 is 0 Å². The van der Waals surface area contributed by atoms with Crippen LogP contribution >= 0.6 is 12.6 Å². The van der Waals surface area contributed by atoms with Gasteiger partial charge in [-0.3, -0.25) is 0 Å². The molecule has 0 bridgehead atoms. The molecule has 0 spiro atoms. The molecule has 0 N–H and O–H groups in total. The van der Waals surface area contributed by atoms with Crippen molar-refractivity contribution in [1.82, 2.24) is 0 Å². The predicted molar refractivity (Wildman–Crippen MR) is 155 cm³/mol. The maximum atomic E-state index is 12.6. The van der Waals surface area contributed by atoms with Gasteiger partial charge in [0.05, 0.1) is 26.4 Å². The number of ether oxygens (including phenoxy) is 3. The van der Waals surface area contributed by atoms with Gasteiger partial charge in [0.1, 0.15) is 11.5 Å². The lowest BCUT2D eigenvalue weighted by molar-refractivity contribution is 0.0497. The van der Waals surface area contributed by atoms with Crippen LogP contribution in [0, 0.1) is 0 Å². The van der Waals surface area contributed by atoms with E-state index in [1.807, 2.05) is 72.8 Å². The van der Waals surface area contributed by atoms with Gasteiger partial charge >= 0.3 is 5.97 Å². The highest BCUT2D eigenvalue weighted by atomic mass is 32.1. The van der Waals surface area contributed by atoms with E-state index in [2.05, 4.69) is 17.5 Å². The molecule has 0 unspecified atom stereocenters. The number of hydrogen-bond acceptors (Lipinski definition) is 6. The largest absolute Gasteiger partial charge is 0.497 e. The minimum atomic E-state index is -0.279. The van der Waals surface area contributed by atoms with Crippen LogP contribution in [0.25, 0.3) is 0 Å². The average Bonchev–Trinajstić information content (AvgIpc) is 2.95. The van der Waals surface area contributed by atoms with Crippen molar-refractivity contribution in [2.75, 3.05) is 31.5 Å². The molecule has 0 aromatic heterocycles. The molecule has 0 aliphatic heterocycles. The monoisotopic (exact) mass is 521 g/mol. The Morgan fingerprint density at radius 1 is 0.622 bits per heavy atom. The summed E-state index contributed by atoms with van der Waals surface area (Å²) in [5.74, 6) is 2.29. The Hall–Kier alpha value is -3.12. The van der Waals surface area contributed by atoms with Gasteiger partial charge in [0.2, 0.25) is 0 Å². The first-order valence-corrected chi connectivity index (χ1v) is 13.8. The number of carbonyl (C=O) groups excluding carboxylic acids is 1. The third kappa shape index (κ3) is 9.04. The van der Waals surface area contributed by atoms with E-state index in [1.54, 1.807) is 14.2 Å². The van der Waals surface area contributed by atoms with Gasteiger partial charge in [0.25, 0.3) is 0 Å². The predicted octanol–water partition coefficient (Wildman–Crippen LogP) is 8.38. The molecule has 0 heterocycles. The molecule has 6 heteroatoms. The summed E-state index contributed by atoms with van der Waals surface area (Å²) in [5, 5.41) is 0. The van der Waals surface area contributed by atoms with Crippen molar-refractivity contribution in [3.8, 4) is 11.5 Å². The van der Waals surface area contributed by atoms with E-state index in [-0.39, 0.29) is 5.97 Å². The van der Waals surface area contributed by atoms with Crippen LogP contribution in [0.5, 0.6) is 11.5 Å². The van der Waals surface area contributed by atoms with Gasteiger partial charge in [-0.2, -0.15) is 12.6 Å². The van der Waals surface area contributed by atoms with Gasteiger partial charge in [-0.05, 0) is 91.4 Å². The SMILES string of the molecule is COc1ccc(N(c2ccc(OC)cc2)c2ccc(C(=O)OCCCCCCCCCCS)cc2)cc1. The van der Waals surface area contributed by atoms with E-state index < -0.39 is 0 Å². The van der Waals surface area contributed by atoms with Crippen LogP contribution < -0.4 is 14.4 Å². The van der Waals surface area contributed by atoms with Crippen LogP contribution in [0.3, 0.4) is 0 Å². The highest BCUT2D eigenvalue weighted by molar-refractivity contribution is 7.80. The van der Waals surface area contributed by atoms with E-state index in [9.17, 15) is 4.79 Å². The number of rotatable bonds is 16. The zero-order chi connectivity index (χ0) is 26.3. The fraction of sp³-hybridized carbons (Fsp3) is 0.387. The summed E-state index contributed by atoms with van der Waals surface area (Å²) in [7, 11) is 3.31. The maximum absolute atomic E-state index is 12.6. The van der Waals surface area contributed by atoms with Crippen molar-refractivity contribution in [3.05, 3.63) is 78.4 Å². The van der Waals surface area contributed by atoms with Crippen LogP contribution in [-0.4, -0.2) is 32.5 Å². The standard InChI is InChI=1S/C31H39NO4S/c1-34-29-19-15-27(16-20-29)32(28-17-21-30(35-2)22-18-28)26-13-11-25(12-14-26)31(33)36-23-9-7-5-3-4-6-8-10-24-37/h11-22,37H,3-10,23-24H2,1-2H3. The van der Waals surface area contributed by atoms with Crippen molar-refractivity contribution >= 4 is 35.7 Å². The minimum Gasteiger partial charge on any atom is -0.497 e. The molecule has 37 heavy (non-hydrogen) atoms. The third-order valence-corrected chi connectivity index (χ3v) is 6.62. The van der Waals surface area contributed by atoms with Gasteiger partial charge < -0.3 is 19.1 Å². The maximum Gasteiger partial charge on any atom is 0.338 e. The van der Waals surface area contributed by atoms with Gasteiger partial charge in [0.15, 0.2) is 0 Å². The summed E-state index contributed by atoms with van der Waals surface area (Å²) in [6.07, 6.45) is 9.50. The van der Waals surface area contributed by atoms with Gasteiger partial charge in [-0.1, -0.05) is 38.5 Å². The smallest absolute Gasteiger partial charge is 0.338 e. The first kappa shape index (κ1) is 28.5. The number of thiol groups is 1. The lowest BCUT2D eigenvalue weighted by atomic mass is 10.1. The first-order chi connectivity index (χ1) is 18.2. The number of nitrogens with zero attached hydrogens (tertiary/aromatic N) is 1. The van der Waals surface area contributed by atoms with Crippen LogP contribution in [0.15, 0.2) is 72.8 Å². The van der Waals surface area contributed by atoms with Crippen LogP contribution in [0.2, 0.25) is 0 Å². The molecule has 198 valence electrons. The topological polar surface area (TPSA) is 48.0 Å². The number of benzene rings is 3. The Morgan fingerprint density at radius 3 is 1.46 bits per heavy atom. The highest BCUT2D eigenvalue weighted by Crippen LogP contribution is 2.36. The summed E-state index contributed by atoms with van der Waals surface area (Å²) in [6.45, 7) is 0.462. The van der Waals surface area contributed by atoms with Crippen molar-refractivity contribution in [3.63, 3.8) is 0 Å². The molecule has 0 aliphatic carbocycles. The number of anilines is 3. The highest BCUT2D eigenvalue weighted by Gasteiger charge is 2.14. The Kier molecular flexibility index (Phi) is 12.2. The minimum absolute atomic E-state index is 0.279. The number of esters is 1. The van der Waals surface area contributed by atoms with Crippen molar-refractivity contribution in [2.24, 2.45) is 0 Å². The molecule has 0 amide bonds. The third-order valence-electron chi connectivity index (χ3n) is 6.31. The Bertz CT molecular complexity index is 1000. The first-order valence-electron chi connectivity index (χ1n) is 13.1. The van der Waals surface area contributed by atoms with E-state index in [0.717, 1.165) is 47.2 Å². The van der Waals surface area contributed by atoms with Crippen molar-refractivity contribution < 1.29 is 19.0 Å². The molecule has 5 nitrogen and oxygen atoms in total. The Labute approximate surface area is 227 Å². The fourth-order valence-corrected chi connectivity index (χ4v) is 4.40. The fourth-order valence-electron chi connectivity index (χ4n) is 4.18. The molecule has 0 radical (unpaired) electrons. The second-order valence-electron chi connectivity index (χ2n) is 8.97. The zero-order valence-electron chi connectivity index (χ0n) is 22.0. The lowest BCUT2D eigenvalue weighted by Gasteiger charge is -2.26. The van der Waals surface area contributed by atoms with Gasteiger partial charge in [-0.15, -0.1) is 0 Å². The summed E-state index contributed by atoms with van der Waals surface area (Å²) < 4.78 is 16.2. The molecule has 3 aromatic rings. The van der Waals surface area contributed by atoms with E-state index in [1.165, 1.54) is 38.5 Å². The summed E-state index contributed by atoms with van der Waals surface area (Å²) in [5.41, 5.74) is 3.43. The normalized spacial score (nSPS) is 10.7. The molecule has 3 aromatic carbocycles. The van der Waals surface area contributed by atoms with E-state index in [4.69, 9.17) is 14.2 Å². The molecule has 3 rings (SSSR count).